The fraction of sp³-hybridized carbons (Fsp3) is 0.143. The van der Waals surface area contributed by atoms with E-state index in [9.17, 15) is 0 Å². The van der Waals surface area contributed by atoms with Gasteiger partial charge in [0.1, 0.15) is 12.1 Å². The molecule has 1 aromatic heterocycles. The predicted octanol–water partition coefficient (Wildman–Crippen LogP) is 0.308. The van der Waals surface area contributed by atoms with Crippen molar-refractivity contribution in [3.8, 4) is 0 Å². The number of hydrogen-bond donors (Lipinski definition) is 0. The van der Waals surface area contributed by atoms with Crippen molar-refractivity contribution in [1.82, 2.24) is 9.97 Å². The molecule has 0 aliphatic carbocycles. The Morgan fingerprint density at radius 2 is 2.00 bits per heavy atom. The molecule has 1 aliphatic rings. The van der Waals surface area contributed by atoms with Crippen LogP contribution in [0.3, 0.4) is 0 Å². The van der Waals surface area contributed by atoms with E-state index in [0.717, 1.165) is 5.71 Å². The van der Waals surface area contributed by atoms with Gasteiger partial charge in [-0.3, -0.25) is 4.99 Å². The lowest BCUT2D eigenvalue weighted by Gasteiger charge is -1.93. The van der Waals surface area contributed by atoms with Crippen LogP contribution in [0.1, 0.15) is 5.82 Å². The summed E-state index contributed by atoms with van der Waals surface area (Å²) in [6.45, 7) is 0.601. The SMILES string of the molecule is C1=NCC(c2ncccn2)=N1. The number of nitrogens with zero attached hydrogens (tertiary/aromatic N) is 4. The topological polar surface area (TPSA) is 50.5 Å². The molecule has 0 N–H and O–H groups in total. The van der Waals surface area contributed by atoms with Gasteiger partial charge < -0.3 is 0 Å². The van der Waals surface area contributed by atoms with Crippen molar-refractivity contribution in [3.63, 3.8) is 0 Å². The Bertz CT molecular complexity index is 301. The van der Waals surface area contributed by atoms with Gasteiger partial charge in [0.2, 0.25) is 0 Å². The first-order chi connectivity index (χ1) is 5.47. The lowest BCUT2D eigenvalue weighted by atomic mass is 10.3. The fourth-order valence-electron chi connectivity index (χ4n) is 0.855. The zero-order valence-electron chi connectivity index (χ0n) is 5.81. The van der Waals surface area contributed by atoms with Gasteiger partial charge in [0.05, 0.1) is 6.54 Å². The number of rotatable bonds is 1. The molecule has 2 heterocycles. The highest BCUT2D eigenvalue weighted by molar-refractivity contribution is 6.05. The van der Waals surface area contributed by atoms with Crippen molar-refractivity contribution in [2.24, 2.45) is 9.98 Å². The second-order valence-corrected chi connectivity index (χ2v) is 2.10. The standard InChI is InChI=1S/C7H6N4/c1-2-9-7(10-3-1)6-4-8-5-11-6/h1-3,5H,4H2. The predicted molar refractivity (Wildman–Crippen MR) is 41.9 cm³/mol. The van der Waals surface area contributed by atoms with Crippen molar-refractivity contribution in [3.05, 3.63) is 24.3 Å². The minimum Gasteiger partial charge on any atom is -0.267 e. The van der Waals surface area contributed by atoms with E-state index in [2.05, 4.69) is 20.0 Å². The van der Waals surface area contributed by atoms with Crippen LogP contribution in [-0.2, 0) is 0 Å². The Morgan fingerprint density at radius 1 is 1.18 bits per heavy atom. The maximum Gasteiger partial charge on any atom is 0.175 e. The van der Waals surface area contributed by atoms with E-state index >= 15 is 0 Å². The molecule has 0 saturated carbocycles. The molecular formula is C7H6N4. The van der Waals surface area contributed by atoms with Gasteiger partial charge in [-0.25, -0.2) is 15.0 Å². The van der Waals surface area contributed by atoms with E-state index in [1.807, 2.05) is 0 Å². The summed E-state index contributed by atoms with van der Waals surface area (Å²) in [4.78, 5) is 16.0. The Hall–Kier alpha value is -1.58. The lowest BCUT2D eigenvalue weighted by Crippen LogP contribution is -2.06. The van der Waals surface area contributed by atoms with E-state index < -0.39 is 0 Å². The third-order valence-corrected chi connectivity index (χ3v) is 1.36. The molecule has 0 unspecified atom stereocenters. The van der Waals surface area contributed by atoms with Gasteiger partial charge in [0.15, 0.2) is 5.82 Å². The molecule has 4 heteroatoms. The molecular weight excluding hydrogens is 140 g/mol. The average molecular weight is 146 g/mol. The molecule has 0 saturated heterocycles. The molecule has 0 radical (unpaired) electrons. The van der Waals surface area contributed by atoms with Crippen LogP contribution in [0.5, 0.6) is 0 Å². The first-order valence-electron chi connectivity index (χ1n) is 3.29. The number of aromatic nitrogens is 2. The minimum absolute atomic E-state index is 0.601. The normalized spacial score (nSPS) is 15.1. The summed E-state index contributed by atoms with van der Waals surface area (Å²) in [5.41, 5.74) is 0.839. The Morgan fingerprint density at radius 3 is 2.64 bits per heavy atom. The summed E-state index contributed by atoms with van der Waals surface area (Å²) >= 11 is 0. The van der Waals surface area contributed by atoms with Crippen molar-refractivity contribution in [1.29, 1.82) is 0 Å². The molecule has 0 atom stereocenters. The molecule has 2 rings (SSSR count). The molecule has 4 nitrogen and oxygen atoms in total. The second-order valence-electron chi connectivity index (χ2n) is 2.10. The summed E-state index contributed by atoms with van der Waals surface area (Å²) < 4.78 is 0. The van der Waals surface area contributed by atoms with Crippen LogP contribution in [0.4, 0.5) is 0 Å². The minimum atomic E-state index is 0.601. The van der Waals surface area contributed by atoms with Crippen LogP contribution >= 0.6 is 0 Å². The zero-order chi connectivity index (χ0) is 7.52. The molecule has 0 aromatic carbocycles. The smallest absolute Gasteiger partial charge is 0.175 e. The lowest BCUT2D eigenvalue weighted by molar-refractivity contribution is 1.12. The molecule has 0 bridgehead atoms. The molecule has 11 heavy (non-hydrogen) atoms. The van der Waals surface area contributed by atoms with Crippen LogP contribution in [-0.4, -0.2) is 28.6 Å². The maximum absolute atomic E-state index is 4.04. The Kier molecular flexibility index (Phi) is 1.44. The first kappa shape index (κ1) is 6.15. The molecule has 0 amide bonds. The largest absolute Gasteiger partial charge is 0.267 e. The van der Waals surface area contributed by atoms with Crippen molar-refractivity contribution in [2.75, 3.05) is 6.54 Å². The second kappa shape index (κ2) is 2.57. The van der Waals surface area contributed by atoms with E-state index in [1.54, 1.807) is 18.5 Å². The van der Waals surface area contributed by atoms with Crippen molar-refractivity contribution < 1.29 is 0 Å². The molecule has 1 aromatic rings. The highest BCUT2D eigenvalue weighted by atomic mass is 15.0. The Balaban J connectivity index is 2.31. The number of hydrogen-bond acceptors (Lipinski definition) is 4. The summed E-state index contributed by atoms with van der Waals surface area (Å²) in [6, 6.07) is 1.78. The summed E-state index contributed by atoms with van der Waals surface area (Å²) in [7, 11) is 0. The maximum atomic E-state index is 4.04. The monoisotopic (exact) mass is 146 g/mol. The van der Waals surface area contributed by atoms with E-state index in [0.29, 0.717) is 12.4 Å². The van der Waals surface area contributed by atoms with Gasteiger partial charge in [0, 0.05) is 12.4 Å². The fourth-order valence-corrected chi connectivity index (χ4v) is 0.855. The quantitative estimate of drug-likeness (QED) is 0.572. The van der Waals surface area contributed by atoms with Crippen molar-refractivity contribution in [2.45, 2.75) is 0 Å². The average Bonchev–Trinajstić information content (AvgIpc) is 2.58. The van der Waals surface area contributed by atoms with Gasteiger partial charge in [-0.15, -0.1) is 0 Å². The van der Waals surface area contributed by atoms with Crippen LogP contribution in [0.25, 0.3) is 0 Å². The Labute approximate surface area is 63.8 Å². The van der Waals surface area contributed by atoms with Gasteiger partial charge in [-0.05, 0) is 6.07 Å². The summed E-state index contributed by atoms with van der Waals surface area (Å²) in [6.07, 6.45) is 4.93. The first-order valence-corrected chi connectivity index (χ1v) is 3.29. The third kappa shape index (κ3) is 1.14. The van der Waals surface area contributed by atoms with E-state index in [1.165, 1.54) is 6.34 Å². The highest BCUT2D eigenvalue weighted by Gasteiger charge is 2.06. The van der Waals surface area contributed by atoms with Gasteiger partial charge in [-0.1, -0.05) is 0 Å². The van der Waals surface area contributed by atoms with Gasteiger partial charge in [0.25, 0.3) is 0 Å². The summed E-state index contributed by atoms with van der Waals surface area (Å²) in [5, 5.41) is 0. The van der Waals surface area contributed by atoms with E-state index in [4.69, 9.17) is 0 Å². The third-order valence-electron chi connectivity index (χ3n) is 1.36. The van der Waals surface area contributed by atoms with Gasteiger partial charge >= 0.3 is 0 Å². The van der Waals surface area contributed by atoms with E-state index in [-0.39, 0.29) is 0 Å². The van der Waals surface area contributed by atoms with Crippen LogP contribution in [0.2, 0.25) is 0 Å². The van der Waals surface area contributed by atoms with Crippen LogP contribution in [0, 0.1) is 0 Å². The molecule has 54 valence electrons. The van der Waals surface area contributed by atoms with Crippen molar-refractivity contribution >= 4 is 12.1 Å². The highest BCUT2D eigenvalue weighted by Crippen LogP contribution is 1.96. The van der Waals surface area contributed by atoms with Crippen LogP contribution in [0.15, 0.2) is 28.4 Å². The molecule has 0 fully saturated rings. The summed E-state index contributed by atoms with van der Waals surface area (Å²) in [5.74, 6) is 0.671. The zero-order valence-corrected chi connectivity index (χ0v) is 5.81. The molecule has 0 spiro atoms. The van der Waals surface area contributed by atoms with Gasteiger partial charge in [-0.2, -0.15) is 0 Å². The number of aliphatic imine (C=N–C) groups is 2. The van der Waals surface area contributed by atoms with Crippen LogP contribution < -0.4 is 0 Å². The molecule has 1 aliphatic heterocycles.